The van der Waals surface area contributed by atoms with Crippen molar-refractivity contribution in [2.24, 2.45) is 0 Å². The molecule has 0 aliphatic carbocycles. The fraction of sp³-hybridized carbons (Fsp3) is 0. The minimum atomic E-state index is 0.847. The molecule has 2 aromatic carbocycles. The van der Waals surface area contributed by atoms with Gasteiger partial charge in [0.2, 0.25) is 5.88 Å². The van der Waals surface area contributed by atoms with Crippen LogP contribution in [0.5, 0.6) is 0 Å². The molecule has 3 heteroatoms. The number of fused-ring (bicyclic) bond motifs is 2. The molecule has 2 heterocycles. The first kappa shape index (κ1) is 10.8. The molecule has 1 aliphatic rings. The first-order chi connectivity index (χ1) is 9.43. The van der Waals surface area contributed by atoms with Crippen LogP contribution >= 0.6 is 11.8 Å². The maximum absolute atomic E-state index is 5.60. The summed E-state index contributed by atoms with van der Waals surface area (Å²) in [7, 11) is 0. The van der Waals surface area contributed by atoms with Crippen LogP contribution in [0.2, 0.25) is 0 Å². The van der Waals surface area contributed by atoms with Crippen molar-refractivity contribution in [2.75, 3.05) is 4.90 Å². The van der Waals surface area contributed by atoms with E-state index in [1.54, 1.807) is 18.0 Å². The Morgan fingerprint density at radius 1 is 0.737 bits per heavy atom. The Kier molecular flexibility index (Phi) is 2.38. The van der Waals surface area contributed by atoms with Crippen LogP contribution in [0.4, 0.5) is 17.3 Å². The number of para-hydroxylation sites is 2. The summed E-state index contributed by atoms with van der Waals surface area (Å²) in [4.78, 5) is 4.66. The third-order valence-corrected chi connectivity index (χ3v) is 4.29. The first-order valence-electron chi connectivity index (χ1n) is 6.13. The molecule has 1 aromatic heterocycles. The second kappa shape index (κ2) is 4.21. The van der Waals surface area contributed by atoms with Crippen LogP contribution in [0.15, 0.2) is 81.1 Å². The van der Waals surface area contributed by atoms with E-state index in [1.807, 2.05) is 12.1 Å². The molecule has 0 bridgehead atoms. The SMILES string of the molecule is c1coc(N2c3ccccc3Sc3ccccc32)c1. The molecular weight excluding hydrogens is 254 g/mol. The van der Waals surface area contributed by atoms with Crippen molar-refractivity contribution in [1.29, 1.82) is 0 Å². The number of rotatable bonds is 1. The van der Waals surface area contributed by atoms with E-state index in [-0.39, 0.29) is 0 Å². The number of hydrogen-bond acceptors (Lipinski definition) is 3. The Balaban J connectivity index is 1.98. The van der Waals surface area contributed by atoms with E-state index in [9.17, 15) is 0 Å². The maximum Gasteiger partial charge on any atom is 0.204 e. The zero-order chi connectivity index (χ0) is 12.7. The minimum Gasteiger partial charge on any atom is -0.448 e. The van der Waals surface area contributed by atoms with Gasteiger partial charge in [0, 0.05) is 15.9 Å². The van der Waals surface area contributed by atoms with Gasteiger partial charge < -0.3 is 4.42 Å². The molecule has 0 amide bonds. The Morgan fingerprint density at radius 2 is 1.37 bits per heavy atom. The van der Waals surface area contributed by atoms with Crippen molar-refractivity contribution >= 4 is 29.0 Å². The van der Waals surface area contributed by atoms with Gasteiger partial charge in [0.15, 0.2) is 0 Å². The summed E-state index contributed by atoms with van der Waals surface area (Å²) in [6, 6.07) is 20.7. The van der Waals surface area contributed by atoms with Gasteiger partial charge in [-0.05, 0) is 30.3 Å². The summed E-state index contributed by atoms with van der Waals surface area (Å²) < 4.78 is 5.60. The molecule has 0 spiro atoms. The molecule has 0 radical (unpaired) electrons. The highest BCUT2D eigenvalue weighted by Crippen LogP contribution is 2.50. The molecule has 0 atom stereocenters. The zero-order valence-electron chi connectivity index (χ0n) is 10.1. The topological polar surface area (TPSA) is 16.4 Å². The molecule has 19 heavy (non-hydrogen) atoms. The highest BCUT2D eigenvalue weighted by atomic mass is 32.2. The van der Waals surface area contributed by atoms with E-state index in [2.05, 4.69) is 53.4 Å². The fourth-order valence-electron chi connectivity index (χ4n) is 2.34. The largest absolute Gasteiger partial charge is 0.448 e. The predicted molar refractivity (Wildman–Crippen MR) is 77.5 cm³/mol. The number of anilines is 3. The standard InChI is InChI=1S/C16H11NOS/c1-3-8-14-12(6-1)17(16-10-5-11-18-16)13-7-2-4-9-15(13)19-14/h1-11H. The molecule has 0 saturated heterocycles. The third-order valence-electron chi connectivity index (χ3n) is 3.16. The number of nitrogens with zero attached hydrogens (tertiary/aromatic N) is 1. The molecular formula is C16H11NOS. The van der Waals surface area contributed by atoms with E-state index in [0.717, 1.165) is 5.88 Å². The lowest BCUT2D eigenvalue weighted by Gasteiger charge is -2.30. The lowest BCUT2D eigenvalue weighted by Crippen LogP contribution is -2.13. The first-order valence-corrected chi connectivity index (χ1v) is 6.95. The maximum atomic E-state index is 5.60. The van der Waals surface area contributed by atoms with Crippen molar-refractivity contribution in [3.05, 3.63) is 66.9 Å². The quantitative estimate of drug-likeness (QED) is 0.470. The van der Waals surface area contributed by atoms with Gasteiger partial charge in [0.1, 0.15) is 0 Å². The average Bonchev–Trinajstić information content (AvgIpc) is 2.98. The van der Waals surface area contributed by atoms with Crippen molar-refractivity contribution in [3.8, 4) is 0 Å². The van der Waals surface area contributed by atoms with Crippen molar-refractivity contribution < 1.29 is 4.42 Å². The van der Waals surface area contributed by atoms with Crippen molar-refractivity contribution in [1.82, 2.24) is 0 Å². The van der Waals surface area contributed by atoms with Gasteiger partial charge in [-0.2, -0.15) is 0 Å². The number of hydrogen-bond donors (Lipinski definition) is 0. The van der Waals surface area contributed by atoms with E-state index in [0.29, 0.717) is 0 Å². The average molecular weight is 265 g/mol. The highest BCUT2D eigenvalue weighted by Gasteiger charge is 2.25. The molecule has 1 aliphatic heterocycles. The molecule has 0 fully saturated rings. The monoisotopic (exact) mass is 265 g/mol. The van der Waals surface area contributed by atoms with E-state index < -0.39 is 0 Å². The highest BCUT2D eigenvalue weighted by molar-refractivity contribution is 7.99. The molecule has 0 saturated carbocycles. The van der Waals surface area contributed by atoms with Gasteiger partial charge in [0.25, 0.3) is 0 Å². The Bertz CT molecular complexity index is 676. The van der Waals surface area contributed by atoms with Crippen LogP contribution in [0, 0.1) is 0 Å². The second-order valence-electron chi connectivity index (χ2n) is 4.32. The summed E-state index contributed by atoms with van der Waals surface area (Å²) >= 11 is 1.80. The number of benzene rings is 2. The van der Waals surface area contributed by atoms with Crippen LogP contribution in [-0.4, -0.2) is 0 Å². The van der Waals surface area contributed by atoms with Gasteiger partial charge in [-0.15, -0.1) is 0 Å². The van der Waals surface area contributed by atoms with Crippen LogP contribution < -0.4 is 4.90 Å². The van der Waals surface area contributed by atoms with Crippen LogP contribution in [-0.2, 0) is 0 Å². The zero-order valence-corrected chi connectivity index (χ0v) is 10.9. The normalized spacial score (nSPS) is 12.9. The second-order valence-corrected chi connectivity index (χ2v) is 5.41. The van der Waals surface area contributed by atoms with Gasteiger partial charge >= 0.3 is 0 Å². The van der Waals surface area contributed by atoms with Crippen LogP contribution in [0.25, 0.3) is 0 Å². The predicted octanol–water partition coefficient (Wildman–Crippen LogP) is 5.21. The lowest BCUT2D eigenvalue weighted by atomic mass is 10.2. The summed E-state index contributed by atoms with van der Waals surface area (Å²) in [5.74, 6) is 0.847. The van der Waals surface area contributed by atoms with Gasteiger partial charge in [-0.3, -0.25) is 4.90 Å². The van der Waals surface area contributed by atoms with Crippen molar-refractivity contribution in [2.45, 2.75) is 9.79 Å². The summed E-state index contributed by atoms with van der Waals surface area (Å²) in [6.45, 7) is 0. The third kappa shape index (κ3) is 1.66. The molecule has 3 aromatic rings. The Hall–Kier alpha value is -2.13. The van der Waals surface area contributed by atoms with E-state index >= 15 is 0 Å². The molecule has 0 N–H and O–H groups in total. The van der Waals surface area contributed by atoms with E-state index in [4.69, 9.17) is 4.42 Å². The smallest absolute Gasteiger partial charge is 0.204 e. The van der Waals surface area contributed by atoms with Crippen LogP contribution in [0.1, 0.15) is 0 Å². The van der Waals surface area contributed by atoms with Gasteiger partial charge in [-0.1, -0.05) is 36.0 Å². The number of furan rings is 1. The molecule has 2 nitrogen and oxygen atoms in total. The lowest BCUT2D eigenvalue weighted by molar-refractivity contribution is 0.572. The molecule has 0 unspecified atom stereocenters. The molecule has 4 rings (SSSR count). The summed E-state index contributed by atoms with van der Waals surface area (Å²) in [5.41, 5.74) is 2.34. The molecule has 92 valence electrons. The summed E-state index contributed by atoms with van der Waals surface area (Å²) in [5, 5.41) is 0. The fourth-order valence-corrected chi connectivity index (χ4v) is 3.40. The minimum absolute atomic E-state index is 0.847. The Labute approximate surface area is 115 Å². The summed E-state index contributed by atoms with van der Waals surface area (Å²) in [6.07, 6.45) is 1.71. The van der Waals surface area contributed by atoms with Gasteiger partial charge in [0.05, 0.1) is 17.6 Å². The Morgan fingerprint density at radius 3 is 1.95 bits per heavy atom. The van der Waals surface area contributed by atoms with Gasteiger partial charge in [-0.25, -0.2) is 0 Å². The van der Waals surface area contributed by atoms with E-state index in [1.165, 1.54) is 21.2 Å². The van der Waals surface area contributed by atoms with Crippen molar-refractivity contribution in [3.63, 3.8) is 0 Å². The van der Waals surface area contributed by atoms with Crippen LogP contribution in [0.3, 0.4) is 0 Å².